The number of benzene rings is 1. The van der Waals surface area contributed by atoms with Gasteiger partial charge in [-0.15, -0.1) is 0 Å². The first-order valence-electron chi connectivity index (χ1n) is 11.0. The number of para-hydroxylation sites is 1. The molecule has 2 aliphatic heterocycles. The normalized spacial score (nSPS) is 19.5. The molecular weight excluding hydrogens is 380 g/mol. The first-order valence-corrected chi connectivity index (χ1v) is 11.0. The Morgan fingerprint density at radius 1 is 1.10 bits per heavy atom. The lowest BCUT2D eigenvalue weighted by Gasteiger charge is -2.43. The Morgan fingerprint density at radius 2 is 1.73 bits per heavy atom. The van der Waals surface area contributed by atoms with Gasteiger partial charge in [-0.25, -0.2) is 0 Å². The highest BCUT2D eigenvalue weighted by atomic mass is 16.2. The van der Waals surface area contributed by atoms with Gasteiger partial charge in [0, 0.05) is 30.7 Å². The third kappa shape index (κ3) is 4.30. The lowest BCUT2D eigenvalue weighted by atomic mass is 9.85. The molecule has 1 aromatic rings. The van der Waals surface area contributed by atoms with Crippen molar-refractivity contribution in [1.82, 2.24) is 15.1 Å². The summed E-state index contributed by atoms with van der Waals surface area (Å²) in [4.78, 5) is 44.1. The molecule has 164 valence electrons. The lowest BCUT2D eigenvalue weighted by Crippen LogP contribution is -2.58. The average molecular weight is 415 g/mol. The molecule has 3 amide bonds. The minimum Gasteiger partial charge on any atom is -0.352 e. The highest BCUT2D eigenvalue weighted by Crippen LogP contribution is 2.39. The van der Waals surface area contributed by atoms with Gasteiger partial charge in [0.1, 0.15) is 12.1 Å². The summed E-state index contributed by atoms with van der Waals surface area (Å²) in [6, 6.07) is 9.97. The Bertz CT molecular complexity index is 772. The minimum absolute atomic E-state index is 0.0118. The molecular formula is C23H34N4O3. The summed E-state index contributed by atoms with van der Waals surface area (Å²) >= 11 is 0. The number of amides is 3. The number of hydrogen-bond donors (Lipinski definition) is 1. The van der Waals surface area contributed by atoms with Crippen LogP contribution in [0.3, 0.4) is 0 Å². The number of nitrogens with zero attached hydrogens (tertiary/aromatic N) is 3. The molecule has 2 fully saturated rings. The molecule has 1 atom stereocenters. The maximum absolute atomic E-state index is 13.6. The van der Waals surface area contributed by atoms with Crippen molar-refractivity contribution in [2.24, 2.45) is 5.92 Å². The van der Waals surface area contributed by atoms with Crippen LogP contribution in [0.25, 0.3) is 0 Å². The quantitative estimate of drug-likeness (QED) is 0.775. The zero-order valence-corrected chi connectivity index (χ0v) is 18.6. The molecule has 0 aliphatic carbocycles. The minimum atomic E-state index is -0.703. The van der Waals surface area contributed by atoms with E-state index in [0.29, 0.717) is 32.6 Å². The SMILES string of the molecule is CC[C@@H](C)NC(=O)CN1CN(c2ccccc2)C2(CCN(C(=O)C(C)C)CC2)C1=O. The van der Waals surface area contributed by atoms with Crippen LogP contribution in [0, 0.1) is 5.92 Å². The van der Waals surface area contributed by atoms with Gasteiger partial charge in [-0.1, -0.05) is 39.0 Å². The number of nitrogens with one attached hydrogen (secondary N) is 1. The molecule has 7 nitrogen and oxygen atoms in total. The van der Waals surface area contributed by atoms with Gasteiger partial charge >= 0.3 is 0 Å². The molecule has 0 saturated carbocycles. The van der Waals surface area contributed by atoms with E-state index in [0.717, 1.165) is 12.1 Å². The van der Waals surface area contributed by atoms with Crippen LogP contribution < -0.4 is 10.2 Å². The number of carbonyl (C=O) groups is 3. The summed E-state index contributed by atoms with van der Waals surface area (Å²) in [6.45, 7) is 9.34. The third-order valence-corrected chi connectivity index (χ3v) is 6.33. The van der Waals surface area contributed by atoms with Crippen molar-refractivity contribution in [3.05, 3.63) is 30.3 Å². The van der Waals surface area contributed by atoms with Crippen molar-refractivity contribution in [2.45, 2.75) is 58.5 Å². The second kappa shape index (κ2) is 9.06. The summed E-state index contributed by atoms with van der Waals surface area (Å²) < 4.78 is 0. The van der Waals surface area contributed by atoms with E-state index in [-0.39, 0.29) is 36.2 Å². The number of carbonyl (C=O) groups excluding carboxylic acids is 3. The van der Waals surface area contributed by atoms with Crippen molar-refractivity contribution >= 4 is 23.4 Å². The molecule has 0 bridgehead atoms. The molecule has 30 heavy (non-hydrogen) atoms. The molecule has 7 heteroatoms. The number of piperidine rings is 1. The fourth-order valence-electron chi connectivity index (χ4n) is 4.38. The van der Waals surface area contributed by atoms with Gasteiger partial charge < -0.3 is 20.0 Å². The second-order valence-corrected chi connectivity index (χ2v) is 8.80. The van der Waals surface area contributed by atoms with Crippen LogP contribution in [-0.2, 0) is 14.4 Å². The van der Waals surface area contributed by atoms with Crippen molar-refractivity contribution in [1.29, 1.82) is 0 Å². The van der Waals surface area contributed by atoms with Gasteiger partial charge in [0.05, 0.1) is 6.67 Å². The maximum Gasteiger partial charge on any atom is 0.250 e. The van der Waals surface area contributed by atoms with Gasteiger partial charge in [0.2, 0.25) is 11.8 Å². The first kappa shape index (κ1) is 22.1. The van der Waals surface area contributed by atoms with Gasteiger partial charge in [-0.05, 0) is 38.3 Å². The highest BCUT2D eigenvalue weighted by Gasteiger charge is 2.54. The first-order chi connectivity index (χ1) is 14.3. The van der Waals surface area contributed by atoms with E-state index in [1.165, 1.54) is 0 Å². The third-order valence-electron chi connectivity index (χ3n) is 6.33. The van der Waals surface area contributed by atoms with Crippen molar-refractivity contribution < 1.29 is 14.4 Å². The molecule has 0 unspecified atom stereocenters. The topological polar surface area (TPSA) is 73.0 Å². The smallest absolute Gasteiger partial charge is 0.250 e. The number of anilines is 1. The summed E-state index contributed by atoms with van der Waals surface area (Å²) in [5.74, 6) is -0.0619. The number of rotatable bonds is 6. The van der Waals surface area contributed by atoms with E-state index in [9.17, 15) is 14.4 Å². The Labute approximate surface area is 179 Å². The largest absolute Gasteiger partial charge is 0.352 e. The molecule has 0 radical (unpaired) electrons. The molecule has 3 rings (SSSR count). The van der Waals surface area contributed by atoms with Crippen molar-refractivity contribution in [3.8, 4) is 0 Å². The van der Waals surface area contributed by atoms with E-state index >= 15 is 0 Å². The van der Waals surface area contributed by atoms with E-state index in [4.69, 9.17) is 0 Å². The lowest BCUT2D eigenvalue weighted by molar-refractivity contribution is -0.141. The molecule has 2 heterocycles. The summed E-state index contributed by atoms with van der Waals surface area (Å²) in [7, 11) is 0. The van der Waals surface area contributed by atoms with Crippen LogP contribution in [-0.4, -0.2) is 65.4 Å². The number of hydrogen-bond acceptors (Lipinski definition) is 4. The van der Waals surface area contributed by atoms with Crippen LogP contribution >= 0.6 is 0 Å². The molecule has 0 aromatic heterocycles. The summed E-state index contributed by atoms with van der Waals surface area (Å²) in [5, 5.41) is 2.95. The van der Waals surface area contributed by atoms with Crippen LogP contribution in [0.2, 0.25) is 0 Å². The van der Waals surface area contributed by atoms with Crippen molar-refractivity contribution in [3.63, 3.8) is 0 Å². The summed E-state index contributed by atoms with van der Waals surface area (Å²) in [5.41, 5.74) is 0.269. The number of likely N-dealkylation sites (tertiary alicyclic amines) is 1. The average Bonchev–Trinajstić information content (AvgIpc) is 3.00. The zero-order valence-electron chi connectivity index (χ0n) is 18.6. The Morgan fingerprint density at radius 3 is 2.30 bits per heavy atom. The van der Waals surface area contributed by atoms with Gasteiger partial charge in [0.15, 0.2) is 0 Å². The van der Waals surface area contributed by atoms with Gasteiger partial charge in [-0.2, -0.15) is 0 Å². The van der Waals surface area contributed by atoms with Crippen LogP contribution in [0.5, 0.6) is 0 Å². The van der Waals surface area contributed by atoms with Crippen LogP contribution in [0.15, 0.2) is 30.3 Å². The predicted octanol–water partition coefficient (Wildman–Crippen LogP) is 2.22. The Kier molecular flexibility index (Phi) is 6.68. The van der Waals surface area contributed by atoms with Crippen molar-refractivity contribution in [2.75, 3.05) is 31.2 Å². The molecule has 2 aliphatic rings. The maximum atomic E-state index is 13.6. The van der Waals surface area contributed by atoms with E-state index in [2.05, 4.69) is 10.2 Å². The highest BCUT2D eigenvalue weighted by molar-refractivity contribution is 5.96. The van der Waals surface area contributed by atoms with E-state index in [1.807, 2.05) is 62.9 Å². The summed E-state index contributed by atoms with van der Waals surface area (Å²) in [6.07, 6.45) is 1.99. The van der Waals surface area contributed by atoms with E-state index in [1.54, 1.807) is 4.90 Å². The fraction of sp³-hybridized carbons (Fsp3) is 0.609. The molecule has 1 aromatic carbocycles. The van der Waals surface area contributed by atoms with Gasteiger partial charge in [0.25, 0.3) is 5.91 Å². The molecule has 1 spiro atoms. The fourth-order valence-corrected chi connectivity index (χ4v) is 4.38. The molecule has 2 saturated heterocycles. The van der Waals surface area contributed by atoms with E-state index < -0.39 is 5.54 Å². The monoisotopic (exact) mass is 414 g/mol. The predicted molar refractivity (Wildman–Crippen MR) is 117 cm³/mol. The van der Waals surface area contributed by atoms with Crippen LogP contribution in [0.1, 0.15) is 47.0 Å². The second-order valence-electron chi connectivity index (χ2n) is 8.80. The zero-order chi connectivity index (χ0) is 21.9. The van der Waals surface area contributed by atoms with Gasteiger partial charge in [-0.3, -0.25) is 14.4 Å². The Hall–Kier alpha value is -2.57. The Balaban J connectivity index is 1.81. The van der Waals surface area contributed by atoms with Crippen LogP contribution in [0.4, 0.5) is 5.69 Å². The standard InChI is InChI=1S/C23H34N4O3/c1-5-18(4)24-20(28)15-26-16-27(19-9-7-6-8-10-19)23(22(26)30)11-13-25(14-12-23)21(29)17(2)3/h6-10,17-18H,5,11-16H2,1-4H3,(H,24,28)/t18-/m1/s1. The molecule has 1 N–H and O–H groups in total.